The van der Waals surface area contributed by atoms with Gasteiger partial charge in [-0.3, -0.25) is 4.99 Å². The van der Waals surface area contributed by atoms with E-state index in [4.69, 9.17) is 9.47 Å². The molecule has 0 unspecified atom stereocenters. The molecule has 0 atom stereocenters. The fraction of sp³-hybridized carbons (Fsp3) is 0.444. The van der Waals surface area contributed by atoms with E-state index < -0.39 is 0 Å². The molecule has 0 saturated carbocycles. The highest BCUT2D eigenvalue weighted by molar-refractivity contribution is 7.11. The Morgan fingerprint density at radius 2 is 2.08 bits per heavy atom. The lowest BCUT2D eigenvalue weighted by Gasteiger charge is -2.14. The molecule has 0 saturated heterocycles. The molecule has 7 heteroatoms. The molecule has 1 aromatic carbocycles. The van der Waals surface area contributed by atoms with Crippen molar-refractivity contribution in [3.8, 4) is 11.5 Å². The number of thiazole rings is 1. The van der Waals surface area contributed by atoms with Gasteiger partial charge in [0.1, 0.15) is 11.5 Å². The number of nitrogens with zero attached hydrogens (tertiary/aromatic N) is 2. The van der Waals surface area contributed by atoms with Gasteiger partial charge in [0.2, 0.25) is 0 Å². The normalized spacial score (nSPS) is 11.3. The third kappa shape index (κ3) is 5.63. The van der Waals surface area contributed by atoms with Gasteiger partial charge in [0, 0.05) is 49.3 Å². The number of hydrogen-bond acceptors (Lipinski definition) is 5. The van der Waals surface area contributed by atoms with Crippen LogP contribution in [0.1, 0.15) is 22.4 Å². The van der Waals surface area contributed by atoms with E-state index >= 15 is 0 Å². The van der Waals surface area contributed by atoms with E-state index in [-0.39, 0.29) is 0 Å². The minimum Gasteiger partial charge on any atom is -0.497 e. The second-order valence-electron chi connectivity index (χ2n) is 5.35. The van der Waals surface area contributed by atoms with E-state index in [0.29, 0.717) is 6.54 Å². The first-order valence-corrected chi connectivity index (χ1v) is 9.10. The summed E-state index contributed by atoms with van der Waals surface area (Å²) in [6, 6.07) is 5.78. The molecular weight excluding hydrogens is 336 g/mol. The second kappa shape index (κ2) is 9.88. The van der Waals surface area contributed by atoms with Crippen molar-refractivity contribution in [3.05, 3.63) is 39.8 Å². The fourth-order valence-corrected chi connectivity index (χ4v) is 3.17. The maximum atomic E-state index is 5.42. The van der Waals surface area contributed by atoms with Crippen molar-refractivity contribution < 1.29 is 9.47 Å². The summed E-state index contributed by atoms with van der Waals surface area (Å²) in [5.74, 6) is 2.32. The average molecular weight is 362 g/mol. The number of rotatable bonds is 8. The molecule has 0 radical (unpaired) electrons. The smallest absolute Gasteiger partial charge is 0.191 e. The Bertz CT molecular complexity index is 700. The Balaban J connectivity index is 1.84. The highest BCUT2D eigenvalue weighted by Crippen LogP contribution is 2.24. The quantitative estimate of drug-likeness (QED) is 0.558. The van der Waals surface area contributed by atoms with Gasteiger partial charge in [0.15, 0.2) is 5.96 Å². The lowest BCUT2D eigenvalue weighted by molar-refractivity contribution is 0.390. The predicted octanol–water partition coefficient (Wildman–Crippen LogP) is 2.63. The Kier molecular flexibility index (Phi) is 7.53. The van der Waals surface area contributed by atoms with E-state index in [1.807, 2.05) is 24.4 Å². The van der Waals surface area contributed by atoms with Gasteiger partial charge in [-0.15, -0.1) is 11.3 Å². The minimum atomic E-state index is 0.615. The van der Waals surface area contributed by atoms with Crippen LogP contribution in [-0.2, 0) is 19.4 Å². The first-order valence-electron chi connectivity index (χ1n) is 8.29. The lowest BCUT2D eigenvalue weighted by Crippen LogP contribution is -2.37. The van der Waals surface area contributed by atoms with Crippen molar-refractivity contribution in [1.29, 1.82) is 0 Å². The standard InChI is InChI=1S/C18H26N4O2S/c1-5-15-12-21-17(25-15)8-9-20-18(19-2)22-11-13-6-7-14(23-3)10-16(13)24-4/h6-7,10,12H,5,8-9,11H2,1-4H3,(H2,19,20,22). The van der Waals surface area contributed by atoms with Crippen molar-refractivity contribution >= 4 is 17.3 Å². The summed E-state index contributed by atoms with van der Waals surface area (Å²) >= 11 is 1.77. The second-order valence-corrected chi connectivity index (χ2v) is 6.55. The van der Waals surface area contributed by atoms with Gasteiger partial charge in [-0.25, -0.2) is 4.98 Å². The van der Waals surface area contributed by atoms with Crippen LogP contribution in [0, 0.1) is 0 Å². The van der Waals surface area contributed by atoms with Gasteiger partial charge in [0.25, 0.3) is 0 Å². The summed E-state index contributed by atoms with van der Waals surface area (Å²) in [4.78, 5) is 10.0. The van der Waals surface area contributed by atoms with Crippen LogP contribution in [0.3, 0.4) is 0 Å². The summed E-state index contributed by atoms with van der Waals surface area (Å²) in [6.07, 6.45) is 3.89. The Morgan fingerprint density at radius 1 is 1.24 bits per heavy atom. The molecule has 0 aliphatic carbocycles. The molecule has 25 heavy (non-hydrogen) atoms. The summed E-state index contributed by atoms with van der Waals surface area (Å²) in [5, 5.41) is 7.77. The molecule has 1 heterocycles. The number of guanidine groups is 1. The summed E-state index contributed by atoms with van der Waals surface area (Å²) in [7, 11) is 5.06. The van der Waals surface area contributed by atoms with Gasteiger partial charge < -0.3 is 20.1 Å². The Labute approximate surface area is 153 Å². The summed E-state index contributed by atoms with van der Waals surface area (Å²) in [6.45, 7) is 3.55. The number of nitrogens with one attached hydrogen (secondary N) is 2. The van der Waals surface area contributed by atoms with Crippen molar-refractivity contribution in [2.75, 3.05) is 27.8 Å². The van der Waals surface area contributed by atoms with Gasteiger partial charge in [-0.05, 0) is 18.6 Å². The first-order chi connectivity index (χ1) is 12.2. The molecule has 0 aliphatic rings. The molecule has 1 aromatic heterocycles. The largest absolute Gasteiger partial charge is 0.497 e. The van der Waals surface area contributed by atoms with Gasteiger partial charge in [-0.2, -0.15) is 0 Å². The maximum absolute atomic E-state index is 5.42. The van der Waals surface area contributed by atoms with Crippen LogP contribution < -0.4 is 20.1 Å². The molecule has 0 amide bonds. The van der Waals surface area contributed by atoms with E-state index in [1.54, 1.807) is 32.6 Å². The summed E-state index contributed by atoms with van der Waals surface area (Å²) < 4.78 is 10.6. The number of methoxy groups -OCH3 is 2. The third-order valence-electron chi connectivity index (χ3n) is 3.75. The Hall–Kier alpha value is -2.28. The van der Waals surface area contributed by atoms with E-state index in [1.165, 1.54) is 4.88 Å². The monoisotopic (exact) mass is 362 g/mol. The molecule has 2 rings (SSSR count). The van der Waals surface area contributed by atoms with E-state index in [9.17, 15) is 0 Å². The number of aromatic nitrogens is 1. The third-order valence-corrected chi connectivity index (χ3v) is 4.95. The fourth-order valence-electron chi connectivity index (χ4n) is 2.31. The highest BCUT2D eigenvalue weighted by atomic mass is 32.1. The topological polar surface area (TPSA) is 67.8 Å². The number of aryl methyl sites for hydroxylation is 1. The molecule has 2 N–H and O–H groups in total. The van der Waals surface area contributed by atoms with Crippen LogP contribution in [0.25, 0.3) is 0 Å². The number of ether oxygens (including phenoxy) is 2. The van der Waals surface area contributed by atoms with Crippen LogP contribution in [0.15, 0.2) is 29.4 Å². The maximum Gasteiger partial charge on any atom is 0.191 e. The van der Waals surface area contributed by atoms with Crippen molar-refractivity contribution in [2.24, 2.45) is 4.99 Å². The number of aliphatic imine (C=N–C) groups is 1. The zero-order chi connectivity index (χ0) is 18.1. The number of benzene rings is 1. The molecule has 0 bridgehead atoms. The van der Waals surface area contributed by atoms with Crippen LogP contribution in [0.5, 0.6) is 11.5 Å². The average Bonchev–Trinajstić information content (AvgIpc) is 3.12. The van der Waals surface area contributed by atoms with Crippen LogP contribution in [0.2, 0.25) is 0 Å². The van der Waals surface area contributed by atoms with Crippen LogP contribution >= 0.6 is 11.3 Å². The molecule has 0 fully saturated rings. The van der Waals surface area contributed by atoms with Crippen molar-refractivity contribution in [2.45, 2.75) is 26.3 Å². The van der Waals surface area contributed by atoms with Crippen LogP contribution in [-0.4, -0.2) is 38.8 Å². The van der Waals surface area contributed by atoms with Crippen LogP contribution in [0.4, 0.5) is 0 Å². The lowest BCUT2D eigenvalue weighted by atomic mass is 10.2. The zero-order valence-corrected chi connectivity index (χ0v) is 16.1. The molecule has 2 aromatic rings. The highest BCUT2D eigenvalue weighted by Gasteiger charge is 2.07. The SMILES string of the molecule is CCc1cnc(CCNC(=NC)NCc2ccc(OC)cc2OC)s1. The zero-order valence-electron chi connectivity index (χ0n) is 15.3. The predicted molar refractivity (Wildman–Crippen MR) is 103 cm³/mol. The van der Waals surface area contributed by atoms with Gasteiger partial charge in [0.05, 0.1) is 19.2 Å². The van der Waals surface area contributed by atoms with Gasteiger partial charge >= 0.3 is 0 Å². The van der Waals surface area contributed by atoms with E-state index in [0.717, 1.165) is 47.4 Å². The Morgan fingerprint density at radius 3 is 2.72 bits per heavy atom. The molecule has 136 valence electrons. The molecule has 0 aliphatic heterocycles. The number of hydrogen-bond donors (Lipinski definition) is 2. The first kappa shape index (κ1) is 19.1. The molecule has 6 nitrogen and oxygen atoms in total. The molecule has 0 spiro atoms. The molecular formula is C18H26N4O2S. The minimum absolute atomic E-state index is 0.615. The van der Waals surface area contributed by atoms with Crippen molar-refractivity contribution in [3.63, 3.8) is 0 Å². The van der Waals surface area contributed by atoms with Crippen molar-refractivity contribution in [1.82, 2.24) is 15.6 Å². The van der Waals surface area contributed by atoms with E-state index in [2.05, 4.69) is 27.5 Å². The van der Waals surface area contributed by atoms with Gasteiger partial charge in [-0.1, -0.05) is 6.92 Å². The summed E-state index contributed by atoms with van der Waals surface area (Å²) in [5.41, 5.74) is 1.04.